The minimum Gasteiger partial charge on any atom is -0.479 e. The van der Waals surface area contributed by atoms with E-state index in [1.807, 2.05) is 49.5 Å². The molecule has 0 aromatic heterocycles. The molecule has 4 atom stereocenters. The summed E-state index contributed by atoms with van der Waals surface area (Å²) in [6, 6.07) is 18.2. The Labute approximate surface area is 167 Å². The van der Waals surface area contributed by atoms with Crippen molar-refractivity contribution in [2.45, 2.75) is 30.8 Å². The Morgan fingerprint density at radius 2 is 1.48 bits per heavy atom. The Balaban J connectivity index is 0.000000257. The van der Waals surface area contributed by atoms with E-state index in [1.54, 1.807) is 0 Å². The third-order valence-electron chi connectivity index (χ3n) is 4.64. The number of aliphatic hydroxyl groups is 2. The van der Waals surface area contributed by atoms with Gasteiger partial charge in [0.1, 0.15) is 6.17 Å². The fourth-order valence-electron chi connectivity index (χ4n) is 3.25. The molecule has 4 N–H and O–H groups in total. The topological polar surface area (TPSA) is 118 Å². The number of hydrogen-bond acceptors (Lipinski definition) is 5. The van der Waals surface area contributed by atoms with Crippen LogP contribution in [0, 0.1) is 0 Å². The molecule has 1 heterocycles. The van der Waals surface area contributed by atoms with Gasteiger partial charge in [0.05, 0.1) is 0 Å². The molecule has 0 fully saturated rings. The summed E-state index contributed by atoms with van der Waals surface area (Å²) < 4.78 is 14.7. The van der Waals surface area contributed by atoms with Crippen molar-refractivity contribution in [3.63, 3.8) is 0 Å². The zero-order chi connectivity index (χ0) is 21.6. The molecule has 0 aliphatic carbocycles. The van der Waals surface area contributed by atoms with Gasteiger partial charge >= 0.3 is 11.9 Å². The van der Waals surface area contributed by atoms with Crippen LogP contribution in [0.5, 0.6) is 0 Å². The van der Waals surface area contributed by atoms with Gasteiger partial charge in [-0.1, -0.05) is 54.6 Å². The molecule has 156 valence electrons. The lowest BCUT2D eigenvalue weighted by atomic mass is 9.85. The average Bonchev–Trinajstić information content (AvgIpc) is 2.81. The van der Waals surface area contributed by atoms with Crippen molar-refractivity contribution < 1.29 is 34.4 Å². The van der Waals surface area contributed by atoms with Gasteiger partial charge in [0.2, 0.25) is 0 Å². The molecule has 7 nitrogen and oxygen atoms in total. The van der Waals surface area contributed by atoms with Crippen LogP contribution < -0.4 is 0 Å². The molecule has 0 bridgehead atoms. The number of fused-ring (bicyclic) bond motifs is 1. The first-order chi connectivity index (χ1) is 13.7. The third kappa shape index (κ3) is 5.83. The summed E-state index contributed by atoms with van der Waals surface area (Å²) in [4.78, 5) is 21.6. The van der Waals surface area contributed by atoms with E-state index in [2.05, 4.69) is 17.0 Å². The molecule has 29 heavy (non-hydrogen) atoms. The van der Waals surface area contributed by atoms with Crippen molar-refractivity contribution in [1.82, 2.24) is 4.90 Å². The van der Waals surface area contributed by atoms with E-state index in [4.69, 9.17) is 20.4 Å². The maximum atomic E-state index is 14.7. The maximum Gasteiger partial charge on any atom is 0.335 e. The Bertz CT molecular complexity index is 813. The van der Waals surface area contributed by atoms with Gasteiger partial charge in [0.15, 0.2) is 12.2 Å². The number of rotatable bonds is 4. The highest BCUT2D eigenvalue weighted by Crippen LogP contribution is 2.35. The lowest BCUT2D eigenvalue weighted by Gasteiger charge is -2.22. The smallest absolute Gasteiger partial charge is 0.335 e. The largest absolute Gasteiger partial charge is 0.479 e. The van der Waals surface area contributed by atoms with Crippen LogP contribution in [0.4, 0.5) is 4.39 Å². The first-order valence-corrected chi connectivity index (χ1v) is 8.99. The molecule has 0 saturated carbocycles. The van der Waals surface area contributed by atoms with E-state index in [1.165, 1.54) is 5.56 Å². The highest BCUT2D eigenvalue weighted by Gasteiger charge is 2.31. The van der Waals surface area contributed by atoms with Gasteiger partial charge < -0.3 is 20.4 Å². The predicted molar refractivity (Wildman–Crippen MR) is 103 cm³/mol. The summed E-state index contributed by atoms with van der Waals surface area (Å²) in [6.07, 6.45) is -5.40. The molecule has 8 heteroatoms. The Morgan fingerprint density at radius 1 is 0.966 bits per heavy atom. The molecule has 3 rings (SSSR count). The SMILES string of the molecule is CN1Cc2ccccc2[C@@H](c2ccccc2)[C@H](F)C1.O=C(O)C(O)C(O)C(=O)O. The standard InChI is InChI=1S/C17H18FN.C4H6O6/c1-19-11-14-9-5-6-10-15(14)17(16(18)12-19)13-7-3-2-4-8-13;5-1(3(7)8)2(6)4(9)10/h2-10,16-17H,11-12H2,1H3;1-2,5-6H,(H,7,8)(H,9,10)/t16-,17-;/m1./s1. The fourth-order valence-corrected chi connectivity index (χ4v) is 3.25. The summed E-state index contributed by atoms with van der Waals surface area (Å²) in [5, 5.41) is 32.5. The quantitative estimate of drug-likeness (QED) is 0.608. The monoisotopic (exact) mass is 405 g/mol. The Morgan fingerprint density at radius 3 is 2.03 bits per heavy atom. The molecule has 2 unspecified atom stereocenters. The minimum absolute atomic E-state index is 0.151. The molecule has 0 saturated heterocycles. The van der Waals surface area contributed by atoms with Crippen LogP contribution in [0.15, 0.2) is 54.6 Å². The Hall–Kier alpha value is -2.81. The number of carboxylic acid groups (broad SMARTS) is 2. The lowest BCUT2D eigenvalue weighted by molar-refractivity contribution is -0.165. The van der Waals surface area contributed by atoms with Crippen LogP contribution in [-0.2, 0) is 16.1 Å². The zero-order valence-electron chi connectivity index (χ0n) is 15.9. The molecule has 1 aliphatic rings. The van der Waals surface area contributed by atoms with Crippen molar-refractivity contribution in [3.05, 3.63) is 71.3 Å². The first-order valence-electron chi connectivity index (χ1n) is 8.99. The van der Waals surface area contributed by atoms with Crippen LogP contribution >= 0.6 is 0 Å². The van der Waals surface area contributed by atoms with Crippen LogP contribution in [-0.4, -0.2) is 69.2 Å². The number of alkyl halides is 1. The van der Waals surface area contributed by atoms with E-state index in [0.717, 1.165) is 17.7 Å². The molecular formula is C21H24FNO6. The van der Waals surface area contributed by atoms with Gasteiger partial charge in [0.25, 0.3) is 0 Å². The van der Waals surface area contributed by atoms with Gasteiger partial charge in [0, 0.05) is 19.0 Å². The van der Waals surface area contributed by atoms with Crippen molar-refractivity contribution in [3.8, 4) is 0 Å². The van der Waals surface area contributed by atoms with E-state index in [0.29, 0.717) is 6.54 Å². The van der Waals surface area contributed by atoms with Gasteiger partial charge in [-0.15, -0.1) is 0 Å². The number of carboxylic acids is 2. The molecule has 2 aromatic carbocycles. The normalized spacial score (nSPS) is 21.0. The van der Waals surface area contributed by atoms with Crippen LogP contribution in [0.3, 0.4) is 0 Å². The van der Waals surface area contributed by atoms with Gasteiger partial charge in [-0.2, -0.15) is 0 Å². The van der Waals surface area contributed by atoms with E-state index >= 15 is 0 Å². The predicted octanol–water partition coefficient (Wildman–Crippen LogP) is 1.48. The number of halogens is 1. The van der Waals surface area contributed by atoms with Crippen LogP contribution in [0.25, 0.3) is 0 Å². The number of hydrogen-bond donors (Lipinski definition) is 4. The fraction of sp³-hybridized carbons (Fsp3) is 0.333. The zero-order valence-corrected chi connectivity index (χ0v) is 15.9. The highest BCUT2D eigenvalue weighted by atomic mass is 19.1. The van der Waals surface area contributed by atoms with Crippen molar-refractivity contribution >= 4 is 11.9 Å². The molecular weight excluding hydrogens is 381 g/mol. The van der Waals surface area contributed by atoms with Crippen molar-refractivity contribution in [2.75, 3.05) is 13.6 Å². The molecule has 2 aromatic rings. The van der Waals surface area contributed by atoms with Crippen molar-refractivity contribution in [2.24, 2.45) is 0 Å². The molecule has 1 aliphatic heterocycles. The Kier molecular flexibility index (Phi) is 7.83. The second-order valence-corrected chi connectivity index (χ2v) is 6.87. The first kappa shape index (κ1) is 22.5. The second kappa shape index (κ2) is 10.1. The number of nitrogens with zero attached hydrogens (tertiary/aromatic N) is 1. The summed E-state index contributed by atoms with van der Waals surface area (Å²) in [7, 11) is 1.98. The van der Waals surface area contributed by atoms with Gasteiger partial charge in [-0.3, -0.25) is 4.90 Å². The van der Waals surface area contributed by atoms with Gasteiger partial charge in [-0.25, -0.2) is 14.0 Å². The maximum absolute atomic E-state index is 14.7. The van der Waals surface area contributed by atoms with E-state index in [-0.39, 0.29) is 5.92 Å². The van der Waals surface area contributed by atoms with E-state index < -0.39 is 30.3 Å². The summed E-state index contributed by atoms with van der Waals surface area (Å²) in [5.74, 6) is -3.69. The molecule has 0 spiro atoms. The van der Waals surface area contributed by atoms with Crippen molar-refractivity contribution in [1.29, 1.82) is 0 Å². The highest BCUT2D eigenvalue weighted by molar-refractivity contribution is 5.83. The van der Waals surface area contributed by atoms with Gasteiger partial charge in [-0.05, 0) is 23.7 Å². The summed E-state index contributed by atoms with van der Waals surface area (Å²) in [5.41, 5.74) is 3.43. The minimum atomic E-state index is -2.27. The number of aliphatic hydroxyl groups excluding tert-OH is 2. The average molecular weight is 405 g/mol. The number of carbonyl (C=O) groups is 2. The van der Waals surface area contributed by atoms with E-state index in [9.17, 15) is 14.0 Å². The molecule has 0 amide bonds. The van der Waals surface area contributed by atoms with Crippen LogP contribution in [0.1, 0.15) is 22.6 Å². The number of benzene rings is 2. The summed E-state index contributed by atoms with van der Waals surface area (Å²) in [6.45, 7) is 1.30. The third-order valence-corrected chi connectivity index (χ3v) is 4.64. The summed E-state index contributed by atoms with van der Waals surface area (Å²) >= 11 is 0. The number of aliphatic carboxylic acids is 2. The second-order valence-electron chi connectivity index (χ2n) is 6.87. The molecule has 0 radical (unpaired) electrons. The van der Waals surface area contributed by atoms with Crippen LogP contribution in [0.2, 0.25) is 0 Å². The lowest BCUT2D eigenvalue weighted by Crippen LogP contribution is -2.39.